The molecule has 0 atom stereocenters. The number of aromatic nitrogens is 1. The van der Waals surface area contributed by atoms with Gasteiger partial charge in [0.15, 0.2) is 23.3 Å². The fraction of sp³-hybridized carbons (Fsp3) is 0.444. The zero-order valence-electron chi connectivity index (χ0n) is 8.72. The minimum atomic E-state index is -2.55. The van der Waals surface area contributed by atoms with Crippen molar-refractivity contribution >= 4 is 11.6 Å². The molecule has 1 heterocycles. The maximum atomic E-state index is 13.1. The second-order valence-corrected chi connectivity index (χ2v) is 3.08. The van der Waals surface area contributed by atoms with Gasteiger partial charge in [0.1, 0.15) is 6.61 Å². The molecule has 0 amide bonds. The van der Waals surface area contributed by atoms with E-state index in [0.29, 0.717) is 6.07 Å². The molecule has 0 bridgehead atoms. The maximum Gasteiger partial charge on any atom is 0.261 e. The van der Waals surface area contributed by atoms with Crippen molar-refractivity contribution in [3.63, 3.8) is 0 Å². The molecule has 0 aliphatic carbocycles. The molecule has 0 aliphatic rings. The molecule has 0 aromatic carbocycles. The van der Waals surface area contributed by atoms with Crippen molar-refractivity contribution in [1.29, 1.82) is 0 Å². The lowest BCUT2D eigenvalue weighted by Crippen LogP contribution is -2.15. The van der Waals surface area contributed by atoms with Gasteiger partial charge in [0.05, 0.1) is 6.61 Å². The number of halogens is 4. The van der Waals surface area contributed by atoms with E-state index in [0.717, 1.165) is 0 Å². The second-order valence-electron chi connectivity index (χ2n) is 3.08. The summed E-state index contributed by atoms with van der Waals surface area (Å²) in [6, 6.07) is 0.588. The van der Waals surface area contributed by atoms with Gasteiger partial charge in [0, 0.05) is 12.6 Å². The van der Waals surface area contributed by atoms with Crippen LogP contribution in [0.25, 0.3) is 0 Å². The minimum absolute atomic E-state index is 0.0528. The Bertz CT molecular complexity index is 376. The van der Waals surface area contributed by atoms with E-state index in [1.54, 1.807) is 0 Å². The Hall–Kier alpha value is -1.57. The monoisotopic (exact) mass is 253 g/mol. The van der Waals surface area contributed by atoms with Crippen LogP contribution in [0.3, 0.4) is 0 Å². The number of anilines is 2. The van der Waals surface area contributed by atoms with Gasteiger partial charge in [-0.15, -0.1) is 0 Å². The van der Waals surface area contributed by atoms with Crippen LogP contribution in [0.4, 0.5) is 29.2 Å². The van der Waals surface area contributed by atoms with Crippen molar-refractivity contribution in [3.05, 3.63) is 17.7 Å². The van der Waals surface area contributed by atoms with Crippen LogP contribution in [-0.2, 0) is 4.74 Å². The molecule has 0 aliphatic heterocycles. The molecular weight excluding hydrogens is 242 g/mol. The smallest absolute Gasteiger partial charge is 0.261 e. The third-order valence-corrected chi connectivity index (χ3v) is 1.74. The van der Waals surface area contributed by atoms with Crippen molar-refractivity contribution in [2.24, 2.45) is 0 Å². The summed E-state index contributed by atoms with van der Waals surface area (Å²) in [7, 11) is 0. The molecule has 0 spiro atoms. The predicted octanol–water partition coefficient (Wildman–Crippen LogP) is 1.64. The van der Waals surface area contributed by atoms with Crippen LogP contribution in [0.1, 0.15) is 0 Å². The van der Waals surface area contributed by atoms with Crippen molar-refractivity contribution in [2.45, 2.75) is 6.43 Å². The molecule has 96 valence electrons. The average Bonchev–Trinajstić information content (AvgIpc) is 2.24. The third-order valence-electron chi connectivity index (χ3n) is 1.74. The van der Waals surface area contributed by atoms with Gasteiger partial charge < -0.3 is 15.8 Å². The van der Waals surface area contributed by atoms with Crippen LogP contribution >= 0.6 is 0 Å². The number of pyridine rings is 1. The highest BCUT2D eigenvalue weighted by Gasteiger charge is 2.09. The molecule has 3 N–H and O–H groups in total. The number of alkyl halides is 2. The molecule has 0 radical (unpaired) electrons. The summed E-state index contributed by atoms with van der Waals surface area (Å²) in [5, 5.41) is 2.45. The van der Waals surface area contributed by atoms with Gasteiger partial charge in [0.25, 0.3) is 6.43 Å². The quantitative estimate of drug-likeness (QED) is 0.597. The predicted molar refractivity (Wildman–Crippen MR) is 53.9 cm³/mol. The summed E-state index contributed by atoms with van der Waals surface area (Å²) in [6.07, 6.45) is -2.55. The van der Waals surface area contributed by atoms with Gasteiger partial charge in [-0.3, -0.25) is 0 Å². The number of nitrogens with two attached hydrogens (primary N) is 1. The Morgan fingerprint density at radius 3 is 2.71 bits per heavy atom. The van der Waals surface area contributed by atoms with Crippen molar-refractivity contribution in [1.82, 2.24) is 4.98 Å². The standard InChI is InChI=1S/C9H11F4N3O/c10-5-3-6(11)9(16-8(5)14)15-1-2-17-4-7(12)13/h3,7H,1-2,4H2,(H3,14,15,16). The van der Waals surface area contributed by atoms with E-state index in [2.05, 4.69) is 15.0 Å². The van der Waals surface area contributed by atoms with Crippen molar-refractivity contribution in [3.8, 4) is 0 Å². The van der Waals surface area contributed by atoms with Crippen LogP contribution < -0.4 is 11.1 Å². The average molecular weight is 253 g/mol. The second kappa shape index (κ2) is 6.24. The molecule has 0 saturated heterocycles. The van der Waals surface area contributed by atoms with Gasteiger partial charge in [-0.05, 0) is 0 Å². The highest BCUT2D eigenvalue weighted by molar-refractivity contribution is 5.44. The van der Waals surface area contributed by atoms with E-state index < -0.39 is 30.5 Å². The highest BCUT2D eigenvalue weighted by Crippen LogP contribution is 2.15. The minimum Gasteiger partial charge on any atom is -0.381 e. The Labute approximate surface area is 94.8 Å². The molecule has 1 rings (SSSR count). The fourth-order valence-corrected chi connectivity index (χ4v) is 1.02. The van der Waals surface area contributed by atoms with Crippen molar-refractivity contribution < 1.29 is 22.3 Å². The lowest BCUT2D eigenvalue weighted by atomic mass is 10.4. The molecule has 0 unspecified atom stereocenters. The first-order valence-electron chi connectivity index (χ1n) is 4.72. The summed E-state index contributed by atoms with van der Waals surface area (Å²) >= 11 is 0. The van der Waals surface area contributed by atoms with Gasteiger partial charge in [-0.25, -0.2) is 22.5 Å². The third kappa shape index (κ3) is 4.43. The zero-order valence-corrected chi connectivity index (χ0v) is 8.72. The Balaban J connectivity index is 2.39. The largest absolute Gasteiger partial charge is 0.381 e. The number of nitrogens with one attached hydrogen (secondary N) is 1. The van der Waals surface area contributed by atoms with Crippen LogP contribution in [0.15, 0.2) is 6.07 Å². The summed E-state index contributed by atoms with van der Waals surface area (Å²) < 4.78 is 53.7. The summed E-state index contributed by atoms with van der Waals surface area (Å²) in [5.41, 5.74) is 5.14. The summed E-state index contributed by atoms with van der Waals surface area (Å²) in [5.74, 6) is -2.56. The molecule has 1 aromatic heterocycles. The fourth-order valence-electron chi connectivity index (χ4n) is 1.02. The van der Waals surface area contributed by atoms with E-state index in [9.17, 15) is 17.6 Å². The normalized spacial score (nSPS) is 10.9. The molecular formula is C9H11F4N3O. The Kier molecular flexibility index (Phi) is 4.95. The van der Waals surface area contributed by atoms with Crippen LogP contribution in [0.2, 0.25) is 0 Å². The maximum absolute atomic E-state index is 13.1. The van der Waals surface area contributed by atoms with Crippen LogP contribution in [-0.4, -0.2) is 31.2 Å². The lowest BCUT2D eigenvalue weighted by molar-refractivity contribution is 0.0214. The lowest BCUT2D eigenvalue weighted by Gasteiger charge is -2.08. The number of ether oxygens (including phenoxy) is 1. The Morgan fingerprint density at radius 2 is 2.06 bits per heavy atom. The topological polar surface area (TPSA) is 60.2 Å². The molecule has 0 fully saturated rings. The van der Waals surface area contributed by atoms with E-state index in [4.69, 9.17) is 5.73 Å². The van der Waals surface area contributed by atoms with Gasteiger partial charge in [-0.1, -0.05) is 0 Å². The number of nitrogens with zero attached hydrogens (tertiary/aromatic N) is 1. The molecule has 1 aromatic rings. The molecule has 17 heavy (non-hydrogen) atoms. The van der Waals surface area contributed by atoms with Gasteiger partial charge in [0.2, 0.25) is 0 Å². The van der Waals surface area contributed by atoms with Gasteiger partial charge in [-0.2, -0.15) is 0 Å². The van der Waals surface area contributed by atoms with E-state index in [1.807, 2.05) is 0 Å². The first-order chi connectivity index (χ1) is 8.00. The van der Waals surface area contributed by atoms with Gasteiger partial charge >= 0.3 is 0 Å². The number of nitrogen functional groups attached to an aromatic ring is 1. The zero-order chi connectivity index (χ0) is 12.8. The number of rotatable bonds is 6. The van der Waals surface area contributed by atoms with E-state index in [-0.39, 0.29) is 19.0 Å². The summed E-state index contributed by atoms with van der Waals surface area (Å²) in [4.78, 5) is 3.42. The van der Waals surface area contributed by atoms with Crippen LogP contribution in [0, 0.1) is 11.6 Å². The van der Waals surface area contributed by atoms with E-state index in [1.165, 1.54) is 0 Å². The highest BCUT2D eigenvalue weighted by atomic mass is 19.3. The number of hydrogen-bond donors (Lipinski definition) is 2. The first kappa shape index (κ1) is 13.5. The molecule has 0 saturated carbocycles. The number of hydrogen-bond acceptors (Lipinski definition) is 4. The summed E-state index contributed by atoms with van der Waals surface area (Å²) in [6.45, 7) is -0.687. The SMILES string of the molecule is Nc1nc(NCCOCC(F)F)c(F)cc1F. The van der Waals surface area contributed by atoms with E-state index >= 15 is 0 Å². The molecule has 8 heteroatoms. The van der Waals surface area contributed by atoms with Crippen molar-refractivity contribution in [2.75, 3.05) is 30.8 Å². The Morgan fingerprint density at radius 1 is 1.35 bits per heavy atom. The first-order valence-corrected chi connectivity index (χ1v) is 4.72. The van der Waals surface area contributed by atoms with Crippen LogP contribution in [0.5, 0.6) is 0 Å². The molecule has 4 nitrogen and oxygen atoms in total.